The highest BCUT2D eigenvalue weighted by atomic mass is 35.5. The Balaban J connectivity index is 2.13. The highest BCUT2D eigenvalue weighted by molar-refractivity contribution is 6.30. The lowest BCUT2D eigenvalue weighted by molar-refractivity contribution is 0.340. The monoisotopic (exact) mass is 297 g/mol. The molecule has 20 heavy (non-hydrogen) atoms. The first kappa shape index (κ1) is 14.6. The van der Waals surface area contributed by atoms with Crippen LogP contribution >= 0.6 is 11.6 Å². The lowest BCUT2D eigenvalue weighted by Gasteiger charge is -2.12. The number of rotatable bonds is 5. The van der Waals surface area contributed by atoms with E-state index in [1.807, 2.05) is 6.92 Å². The topological polar surface area (TPSA) is 21.3 Å². The van der Waals surface area contributed by atoms with Crippen LogP contribution in [0.4, 0.5) is 14.5 Å². The van der Waals surface area contributed by atoms with E-state index < -0.39 is 5.82 Å². The van der Waals surface area contributed by atoms with Crippen LogP contribution in [-0.2, 0) is 6.54 Å². The number of halogens is 3. The second-order valence-corrected chi connectivity index (χ2v) is 4.64. The quantitative estimate of drug-likeness (QED) is 0.869. The molecular weight excluding hydrogens is 284 g/mol. The van der Waals surface area contributed by atoms with Gasteiger partial charge in [-0.3, -0.25) is 0 Å². The van der Waals surface area contributed by atoms with E-state index in [-0.39, 0.29) is 5.82 Å². The summed E-state index contributed by atoms with van der Waals surface area (Å²) >= 11 is 5.79. The molecule has 0 radical (unpaired) electrons. The minimum Gasteiger partial charge on any atom is -0.492 e. The summed E-state index contributed by atoms with van der Waals surface area (Å²) in [4.78, 5) is 0. The Bertz CT molecular complexity index is 584. The van der Waals surface area contributed by atoms with Gasteiger partial charge in [-0.2, -0.15) is 0 Å². The number of hydrogen-bond acceptors (Lipinski definition) is 2. The van der Waals surface area contributed by atoms with Gasteiger partial charge in [0.05, 0.1) is 12.3 Å². The molecule has 5 heteroatoms. The van der Waals surface area contributed by atoms with Crippen molar-refractivity contribution in [3.8, 4) is 5.75 Å². The smallest absolute Gasteiger partial charge is 0.145 e. The summed E-state index contributed by atoms with van der Waals surface area (Å²) in [5.74, 6) is -0.332. The van der Waals surface area contributed by atoms with Gasteiger partial charge in [-0.1, -0.05) is 11.6 Å². The Morgan fingerprint density at radius 2 is 1.90 bits per heavy atom. The van der Waals surface area contributed by atoms with Crippen LogP contribution < -0.4 is 10.1 Å². The zero-order valence-electron chi connectivity index (χ0n) is 10.9. The predicted octanol–water partition coefficient (Wildman–Crippen LogP) is 4.63. The minimum absolute atomic E-state index is 0.339. The maximum atomic E-state index is 13.2. The van der Waals surface area contributed by atoms with E-state index in [0.717, 1.165) is 0 Å². The van der Waals surface area contributed by atoms with Crippen molar-refractivity contribution in [1.29, 1.82) is 0 Å². The van der Waals surface area contributed by atoms with Crippen molar-refractivity contribution in [3.05, 3.63) is 58.6 Å². The molecule has 0 aliphatic rings. The largest absolute Gasteiger partial charge is 0.492 e. The van der Waals surface area contributed by atoms with Crippen molar-refractivity contribution < 1.29 is 13.5 Å². The first-order valence-corrected chi connectivity index (χ1v) is 6.57. The van der Waals surface area contributed by atoms with Crippen LogP contribution in [0.1, 0.15) is 12.5 Å². The number of anilines is 1. The molecule has 0 amide bonds. The molecule has 2 rings (SSSR count). The van der Waals surface area contributed by atoms with Gasteiger partial charge in [-0.05, 0) is 42.8 Å². The van der Waals surface area contributed by atoms with Crippen molar-refractivity contribution >= 4 is 17.3 Å². The fourth-order valence-electron chi connectivity index (χ4n) is 1.83. The maximum Gasteiger partial charge on any atom is 0.145 e. The van der Waals surface area contributed by atoms with E-state index in [1.54, 1.807) is 12.1 Å². The van der Waals surface area contributed by atoms with Gasteiger partial charge in [0.15, 0.2) is 0 Å². The molecule has 0 aliphatic heterocycles. The van der Waals surface area contributed by atoms with Crippen LogP contribution in [0.3, 0.4) is 0 Å². The normalized spacial score (nSPS) is 10.4. The van der Waals surface area contributed by atoms with Crippen molar-refractivity contribution in [1.82, 2.24) is 0 Å². The Labute approximate surface area is 121 Å². The third-order valence-corrected chi connectivity index (χ3v) is 2.87. The molecule has 0 heterocycles. The summed E-state index contributed by atoms with van der Waals surface area (Å²) in [7, 11) is 0. The number of ether oxygens (including phenoxy) is 1. The molecule has 2 nitrogen and oxygen atoms in total. The van der Waals surface area contributed by atoms with E-state index in [2.05, 4.69) is 5.32 Å². The van der Waals surface area contributed by atoms with Crippen molar-refractivity contribution in [3.63, 3.8) is 0 Å². The van der Waals surface area contributed by atoms with Crippen LogP contribution in [0, 0.1) is 11.6 Å². The molecule has 2 aromatic rings. The SMILES string of the molecule is CCOc1cc(F)ccc1NCc1cc(F)cc(Cl)c1. The summed E-state index contributed by atoms with van der Waals surface area (Å²) < 4.78 is 31.7. The van der Waals surface area contributed by atoms with E-state index in [0.29, 0.717) is 35.2 Å². The summed E-state index contributed by atoms with van der Waals surface area (Å²) in [6.07, 6.45) is 0. The molecule has 0 spiro atoms. The lowest BCUT2D eigenvalue weighted by atomic mass is 10.2. The first-order valence-electron chi connectivity index (χ1n) is 6.19. The van der Waals surface area contributed by atoms with Gasteiger partial charge in [0.1, 0.15) is 17.4 Å². The van der Waals surface area contributed by atoms with Crippen LogP contribution in [0.2, 0.25) is 5.02 Å². The van der Waals surface area contributed by atoms with E-state index >= 15 is 0 Å². The van der Waals surface area contributed by atoms with Gasteiger partial charge in [0.25, 0.3) is 0 Å². The highest BCUT2D eigenvalue weighted by Gasteiger charge is 2.06. The van der Waals surface area contributed by atoms with Gasteiger partial charge in [0, 0.05) is 17.6 Å². The number of benzene rings is 2. The second kappa shape index (κ2) is 6.57. The van der Waals surface area contributed by atoms with Gasteiger partial charge in [-0.15, -0.1) is 0 Å². The fraction of sp³-hybridized carbons (Fsp3) is 0.200. The van der Waals surface area contributed by atoms with Crippen LogP contribution in [0.25, 0.3) is 0 Å². The molecule has 1 N–H and O–H groups in total. The number of nitrogens with one attached hydrogen (secondary N) is 1. The Morgan fingerprint density at radius 1 is 1.10 bits per heavy atom. The molecule has 0 fully saturated rings. The lowest BCUT2D eigenvalue weighted by Crippen LogP contribution is -2.03. The van der Waals surface area contributed by atoms with Gasteiger partial charge in [0.2, 0.25) is 0 Å². The van der Waals surface area contributed by atoms with E-state index in [9.17, 15) is 8.78 Å². The van der Waals surface area contributed by atoms with Gasteiger partial charge < -0.3 is 10.1 Å². The van der Waals surface area contributed by atoms with Crippen LogP contribution in [0.5, 0.6) is 5.75 Å². The molecule has 2 aromatic carbocycles. The zero-order chi connectivity index (χ0) is 14.5. The average molecular weight is 298 g/mol. The Morgan fingerprint density at radius 3 is 2.60 bits per heavy atom. The van der Waals surface area contributed by atoms with E-state index in [4.69, 9.17) is 16.3 Å². The first-order chi connectivity index (χ1) is 9.58. The Hall–Kier alpha value is -1.81. The second-order valence-electron chi connectivity index (χ2n) is 4.20. The van der Waals surface area contributed by atoms with Crippen molar-refractivity contribution in [2.45, 2.75) is 13.5 Å². The minimum atomic E-state index is -0.390. The molecule has 0 saturated carbocycles. The standard InChI is InChI=1S/C15H14ClF2NO/c1-2-20-15-8-12(17)3-4-14(15)19-9-10-5-11(16)7-13(18)6-10/h3-8,19H,2,9H2,1H3. The average Bonchev–Trinajstić information content (AvgIpc) is 2.37. The summed E-state index contributed by atoms with van der Waals surface area (Å²) in [5.41, 5.74) is 1.34. The summed E-state index contributed by atoms with van der Waals surface area (Å²) in [6.45, 7) is 2.62. The van der Waals surface area contributed by atoms with Gasteiger partial charge in [-0.25, -0.2) is 8.78 Å². The van der Waals surface area contributed by atoms with E-state index in [1.165, 1.54) is 24.3 Å². The Kier molecular flexibility index (Phi) is 4.79. The predicted molar refractivity (Wildman–Crippen MR) is 76.3 cm³/mol. The van der Waals surface area contributed by atoms with Gasteiger partial charge >= 0.3 is 0 Å². The van der Waals surface area contributed by atoms with Crippen molar-refractivity contribution in [2.75, 3.05) is 11.9 Å². The molecule has 0 unspecified atom stereocenters. The van der Waals surface area contributed by atoms with Crippen LogP contribution in [-0.4, -0.2) is 6.61 Å². The van der Waals surface area contributed by atoms with Crippen molar-refractivity contribution in [2.24, 2.45) is 0 Å². The molecule has 0 aliphatic carbocycles. The zero-order valence-corrected chi connectivity index (χ0v) is 11.7. The molecule has 0 aromatic heterocycles. The van der Waals surface area contributed by atoms with Crippen LogP contribution in [0.15, 0.2) is 36.4 Å². The molecule has 0 atom stereocenters. The summed E-state index contributed by atoms with van der Waals surface area (Å²) in [5, 5.41) is 3.42. The highest BCUT2D eigenvalue weighted by Crippen LogP contribution is 2.26. The maximum absolute atomic E-state index is 13.2. The number of hydrogen-bond donors (Lipinski definition) is 1. The molecule has 0 bridgehead atoms. The third-order valence-electron chi connectivity index (χ3n) is 2.65. The molecule has 0 saturated heterocycles. The molecule has 106 valence electrons. The third kappa shape index (κ3) is 3.84. The molecular formula is C15H14ClF2NO. The fourth-order valence-corrected chi connectivity index (χ4v) is 2.07. The summed E-state index contributed by atoms with van der Waals surface area (Å²) in [6, 6.07) is 8.54.